The molecule has 0 aliphatic carbocycles. The van der Waals surface area contributed by atoms with Crippen LogP contribution >= 0.6 is 0 Å². The van der Waals surface area contributed by atoms with Crippen LogP contribution in [0.1, 0.15) is 19.4 Å². The number of hydrogen-bond donors (Lipinski definition) is 1. The van der Waals surface area contributed by atoms with Crippen molar-refractivity contribution in [3.8, 4) is 22.6 Å². The van der Waals surface area contributed by atoms with Gasteiger partial charge in [-0.1, -0.05) is 12.1 Å². The van der Waals surface area contributed by atoms with Crippen molar-refractivity contribution in [1.82, 2.24) is 0 Å². The van der Waals surface area contributed by atoms with Crippen molar-refractivity contribution in [3.05, 3.63) is 53.1 Å². The molecule has 2 aromatic carbocycles. The summed E-state index contributed by atoms with van der Waals surface area (Å²) in [6.07, 6.45) is -3.64. The molecule has 1 amide bonds. The lowest BCUT2D eigenvalue weighted by Gasteiger charge is -2.10. The third-order valence-corrected chi connectivity index (χ3v) is 4.89. The summed E-state index contributed by atoms with van der Waals surface area (Å²) in [5, 5.41) is 2.83. The average molecular weight is 384 g/mol. The molecular formula is C21H18F2N2O3. The van der Waals surface area contributed by atoms with Crippen molar-refractivity contribution in [1.29, 1.82) is 0 Å². The van der Waals surface area contributed by atoms with Crippen molar-refractivity contribution >= 4 is 17.3 Å². The zero-order valence-corrected chi connectivity index (χ0v) is 15.6. The molecule has 1 N–H and O–H groups in total. The molecule has 0 saturated carbocycles. The molecule has 144 valence electrons. The number of nitrogens with one attached hydrogen (secondary N) is 1. The number of hydrogen-bond acceptors (Lipinski definition) is 4. The molecular weight excluding hydrogens is 366 g/mol. The van der Waals surface area contributed by atoms with Crippen molar-refractivity contribution in [2.45, 2.75) is 27.1 Å². The third-order valence-electron chi connectivity index (χ3n) is 4.89. The highest BCUT2D eigenvalue weighted by molar-refractivity contribution is 6.49. The number of carbonyl (C=O) groups excluding carboxylic acids is 1. The molecule has 0 unspecified atom stereocenters. The molecule has 7 heteroatoms. The number of anilines is 1. The van der Waals surface area contributed by atoms with Crippen LogP contribution in [0, 0.1) is 6.92 Å². The van der Waals surface area contributed by atoms with Gasteiger partial charge in [0.05, 0.1) is 6.54 Å². The van der Waals surface area contributed by atoms with Crippen molar-refractivity contribution < 1.29 is 23.0 Å². The van der Waals surface area contributed by atoms with E-state index in [4.69, 9.17) is 0 Å². The van der Waals surface area contributed by atoms with Crippen LogP contribution < -0.4 is 14.8 Å². The Kier molecular flexibility index (Phi) is 4.18. The predicted octanol–water partition coefficient (Wildman–Crippen LogP) is 4.71. The van der Waals surface area contributed by atoms with E-state index >= 15 is 0 Å². The Morgan fingerprint density at radius 3 is 2.32 bits per heavy atom. The summed E-state index contributed by atoms with van der Waals surface area (Å²) in [6.45, 7) is 6.20. The lowest BCUT2D eigenvalue weighted by molar-refractivity contribution is -0.286. The van der Waals surface area contributed by atoms with E-state index in [1.165, 1.54) is 12.1 Å². The molecule has 5 nitrogen and oxygen atoms in total. The van der Waals surface area contributed by atoms with Gasteiger partial charge in [-0.15, -0.1) is 8.78 Å². The largest absolute Gasteiger partial charge is 0.586 e. The fraction of sp³-hybridized carbons (Fsp3) is 0.238. The van der Waals surface area contributed by atoms with E-state index < -0.39 is 6.29 Å². The number of amides is 1. The highest BCUT2D eigenvalue weighted by Crippen LogP contribution is 2.44. The first-order valence-corrected chi connectivity index (χ1v) is 8.77. The van der Waals surface area contributed by atoms with E-state index in [9.17, 15) is 13.6 Å². The first-order valence-electron chi connectivity index (χ1n) is 8.77. The van der Waals surface area contributed by atoms with Gasteiger partial charge in [0.25, 0.3) is 5.91 Å². The van der Waals surface area contributed by atoms with Gasteiger partial charge in [0.15, 0.2) is 11.5 Å². The lowest BCUT2D eigenvalue weighted by atomic mass is 9.99. The first kappa shape index (κ1) is 18.2. The van der Waals surface area contributed by atoms with E-state index in [1.54, 1.807) is 19.1 Å². The molecule has 28 heavy (non-hydrogen) atoms. The fourth-order valence-electron chi connectivity index (χ4n) is 3.21. The summed E-state index contributed by atoms with van der Waals surface area (Å²) in [4.78, 5) is 16.7. The fourth-order valence-corrected chi connectivity index (χ4v) is 3.21. The van der Waals surface area contributed by atoms with Crippen LogP contribution in [0.25, 0.3) is 11.1 Å². The van der Waals surface area contributed by atoms with Crippen molar-refractivity contribution in [2.75, 3.05) is 11.9 Å². The second-order valence-corrected chi connectivity index (χ2v) is 6.88. The maximum atomic E-state index is 13.3. The smallest absolute Gasteiger partial charge is 0.395 e. The lowest BCUT2D eigenvalue weighted by Crippen LogP contribution is -2.25. The van der Waals surface area contributed by atoms with Crippen LogP contribution in [-0.4, -0.2) is 24.5 Å². The molecule has 4 rings (SSSR count). The number of fused-ring (bicyclic) bond motifs is 1. The zero-order chi connectivity index (χ0) is 20.1. The SMILES string of the molecule is CC1=C(C)C(C(=O)Nc2ccc(-c3cc4c(cc3C)OC(F)(F)O4)cc2)=NC1. The van der Waals surface area contributed by atoms with Crippen LogP contribution in [0.15, 0.2) is 52.5 Å². The molecule has 0 aromatic heterocycles. The van der Waals surface area contributed by atoms with E-state index in [0.717, 1.165) is 27.8 Å². The summed E-state index contributed by atoms with van der Waals surface area (Å²) < 4.78 is 35.5. The van der Waals surface area contributed by atoms with Crippen molar-refractivity contribution in [2.24, 2.45) is 4.99 Å². The van der Waals surface area contributed by atoms with Gasteiger partial charge in [-0.25, -0.2) is 0 Å². The number of rotatable bonds is 3. The number of aryl methyl sites for hydroxylation is 1. The van der Waals surface area contributed by atoms with Crippen LogP contribution in [0.5, 0.6) is 11.5 Å². The summed E-state index contributed by atoms with van der Waals surface area (Å²) in [5.74, 6) is -0.227. The number of halogens is 2. The molecule has 0 saturated heterocycles. The molecule has 2 heterocycles. The van der Waals surface area contributed by atoms with Gasteiger partial charge in [-0.3, -0.25) is 9.79 Å². The van der Waals surface area contributed by atoms with Gasteiger partial charge in [-0.2, -0.15) is 0 Å². The minimum Gasteiger partial charge on any atom is -0.395 e. The molecule has 2 aliphatic rings. The van der Waals surface area contributed by atoms with Crippen LogP contribution in [-0.2, 0) is 4.79 Å². The van der Waals surface area contributed by atoms with Gasteiger partial charge in [-0.05, 0) is 72.9 Å². The van der Waals surface area contributed by atoms with Gasteiger partial charge < -0.3 is 14.8 Å². The molecule has 0 spiro atoms. The second-order valence-electron chi connectivity index (χ2n) is 6.88. The Bertz CT molecular complexity index is 1040. The van der Waals surface area contributed by atoms with Gasteiger partial charge >= 0.3 is 6.29 Å². The number of aliphatic imine (C=N–C) groups is 1. The molecule has 0 radical (unpaired) electrons. The van der Waals surface area contributed by atoms with Crippen LogP contribution in [0.3, 0.4) is 0 Å². The van der Waals surface area contributed by atoms with E-state index in [2.05, 4.69) is 19.8 Å². The summed E-state index contributed by atoms with van der Waals surface area (Å²) in [6, 6.07) is 10.2. The maximum absolute atomic E-state index is 13.3. The van der Waals surface area contributed by atoms with E-state index in [-0.39, 0.29) is 17.4 Å². The Hall–Kier alpha value is -3.22. The standard InChI is InChI=1S/C21H18F2N2O3/c1-11-8-17-18(28-21(22,23)27-17)9-16(11)14-4-6-15(7-5-14)25-20(26)19-13(3)12(2)10-24-19/h4-9H,10H2,1-3H3,(H,25,26). The Morgan fingerprint density at radius 2 is 1.71 bits per heavy atom. The maximum Gasteiger partial charge on any atom is 0.586 e. The predicted molar refractivity (Wildman–Crippen MR) is 102 cm³/mol. The minimum atomic E-state index is -3.64. The van der Waals surface area contributed by atoms with Gasteiger partial charge in [0.1, 0.15) is 5.71 Å². The van der Waals surface area contributed by atoms with E-state index in [0.29, 0.717) is 17.9 Å². The van der Waals surface area contributed by atoms with Gasteiger partial charge in [0.2, 0.25) is 0 Å². The summed E-state index contributed by atoms with van der Waals surface area (Å²) in [7, 11) is 0. The zero-order valence-electron chi connectivity index (χ0n) is 15.6. The van der Waals surface area contributed by atoms with Crippen LogP contribution in [0.4, 0.5) is 14.5 Å². The normalized spacial score (nSPS) is 17.0. The summed E-state index contributed by atoms with van der Waals surface area (Å²) >= 11 is 0. The molecule has 0 bridgehead atoms. The topological polar surface area (TPSA) is 59.9 Å². The van der Waals surface area contributed by atoms with E-state index in [1.807, 2.05) is 26.0 Å². The molecule has 0 atom stereocenters. The first-order chi connectivity index (χ1) is 13.2. The third kappa shape index (κ3) is 3.24. The monoisotopic (exact) mass is 384 g/mol. The van der Waals surface area contributed by atoms with Gasteiger partial charge in [0, 0.05) is 5.69 Å². The van der Waals surface area contributed by atoms with Crippen LogP contribution in [0.2, 0.25) is 0 Å². The highest BCUT2D eigenvalue weighted by atomic mass is 19.3. The minimum absolute atomic E-state index is 0.000133. The number of carbonyl (C=O) groups is 1. The summed E-state index contributed by atoms with van der Waals surface area (Å²) in [5.41, 5.74) is 5.39. The number of ether oxygens (including phenoxy) is 2. The average Bonchev–Trinajstić information content (AvgIpc) is 3.12. The number of nitrogens with zero attached hydrogens (tertiary/aromatic N) is 1. The Morgan fingerprint density at radius 1 is 1.07 bits per heavy atom. The second kappa shape index (κ2) is 6.44. The molecule has 0 fully saturated rings. The highest BCUT2D eigenvalue weighted by Gasteiger charge is 2.43. The Labute approximate surface area is 160 Å². The Balaban J connectivity index is 1.54. The molecule has 2 aromatic rings. The number of alkyl halides is 2. The quantitative estimate of drug-likeness (QED) is 0.834. The number of benzene rings is 2. The van der Waals surface area contributed by atoms with Crippen molar-refractivity contribution in [3.63, 3.8) is 0 Å². The molecule has 2 aliphatic heterocycles.